The van der Waals surface area contributed by atoms with E-state index in [9.17, 15) is 14.4 Å². The van der Waals surface area contributed by atoms with Gasteiger partial charge in [0.25, 0.3) is 5.91 Å². The van der Waals surface area contributed by atoms with Crippen LogP contribution in [0.15, 0.2) is 23.6 Å². The van der Waals surface area contributed by atoms with Crippen molar-refractivity contribution in [3.63, 3.8) is 0 Å². The number of thiazole rings is 1. The number of carbonyl (C=O) groups excluding carboxylic acids is 3. The zero-order valence-corrected chi connectivity index (χ0v) is 22.1. The van der Waals surface area contributed by atoms with Gasteiger partial charge in [0.05, 0.1) is 41.0 Å². The van der Waals surface area contributed by atoms with E-state index in [2.05, 4.69) is 10.3 Å². The normalized spacial score (nSPS) is 17.8. The molecule has 1 N–H and O–H groups in total. The average molecular weight is 543 g/mol. The number of morpholine rings is 1. The largest absolute Gasteiger partial charge is 0.383 e. The van der Waals surface area contributed by atoms with Crippen LogP contribution in [0.25, 0.3) is 0 Å². The van der Waals surface area contributed by atoms with Crippen LogP contribution in [0.4, 0.5) is 5.13 Å². The van der Waals surface area contributed by atoms with E-state index in [-0.39, 0.29) is 55.2 Å². The summed E-state index contributed by atoms with van der Waals surface area (Å²) in [5.41, 5.74) is 0.885. The van der Waals surface area contributed by atoms with Crippen LogP contribution < -0.4 is 5.32 Å². The number of hydrogen-bond donors (Lipinski definition) is 1. The molecule has 3 rings (SSSR count). The first kappa shape index (κ1) is 27.3. The lowest BCUT2D eigenvalue weighted by Gasteiger charge is -2.35. The standard InChI is InChI=1S/C23H28Cl2N4O5S/c1-14-10-29(11-15(2)34-14)21(31)9-17-13-35-23(26-17)27-20(30)12-28(6-7-33-3)22(32)16-4-5-18(24)19(25)8-16/h4-5,8,13-15H,6-7,9-12H2,1-3H3,(H,26,27,30). The average Bonchev–Trinajstić information content (AvgIpc) is 3.23. The number of rotatable bonds is 9. The van der Waals surface area contributed by atoms with Crippen molar-refractivity contribution in [1.29, 1.82) is 0 Å². The fourth-order valence-electron chi connectivity index (χ4n) is 3.69. The number of anilines is 1. The molecule has 0 spiro atoms. The third-order valence-electron chi connectivity index (χ3n) is 5.26. The number of nitrogens with zero attached hydrogens (tertiary/aromatic N) is 3. The van der Waals surface area contributed by atoms with E-state index >= 15 is 0 Å². The van der Waals surface area contributed by atoms with Crippen LogP contribution in [-0.2, 0) is 25.5 Å². The van der Waals surface area contributed by atoms with Crippen molar-refractivity contribution in [2.45, 2.75) is 32.5 Å². The van der Waals surface area contributed by atoms with Crippen molar-refractivity contribution in [1.82, 2.24) is 14.8 Å². The molecular formula is C23H28Cl2N4O5S. The van der Waals surface area contributed by atoms with Crippen molar-refractivity contribution in [3.8, 4) is 0 Å². The summed E-state index contributed by atoms with van der Waals surface area (Å²) in [5, 5.41) is 5.38. The summed E-state index contributed by atoms with van der Waals surface area (Å²) in [6.45, 7) is 5.21. The Hall–Kier alpha value is -2.24. The molecule has 1 fully saturated rings. The van der Waals surface area contributed by atoms with Crippen LogP contribution in [-0.4, -0.2) is 84.6 Å². The molecule has 1 aromatic carbocycles. The van der Waals surface area contributed by atoms with Gasteiger partial charge in [-0.3, -0.25) is 14.4 Å². The van der Waals surface area contributed by atoms with Crippen LogP contribution in [0.1, 0.15) is 29.9 Å². The predicted molar refractivity (Wildman–Crippen MR) is 135 cm³/mol. The Morgan fingerprint density at radius 2 is 1.94 bits per heavy atom. The quantitative estimate of drug-likeness (QED) is 0.521. The molecule has 190 valence electrons. The smallest absolute Gasteiger partial charge is 0.254 e. The molecule has 12 heteroatoms. The van der Waals surface area contributed by atoms with Gasteiger partial charge in [0.15, 0.2) is 5.13 Å². The summed E-state index contributed by atoms with van der Waals surface area (Å²) in [5.74, 6) is -0.833. The third-order valence-corrected chi connectivity index (χ3v) is 6.80. The van der Waals surface area contributed by atoms with Crippen molar-refractivity contribution in [3.05, 3.63) is 44.9 Å². The Kier molecular flexibility index (Phi) is 9.88. The van der Waals surface area contributed by atoms with Gasteiger partial charge in [-0.2, -0.15) is 0 Å². The number of amides is 3. The van der Waals surface area contributed by atoms with Crippen LogP contribution in [0.5, 0.6) is 0 Å². The molecule has 0 aliphatic carbocycles. The molecular weight excluding hydrogens is 515 g/mol. The van der Waals surface area contributed by atoms with Gasteiger partial charge in [-0.1, -0.05) is 23.2 Å². The molecule has 2 aromatic rings. The Balaban J connectivity index is 1.59. The SMILES string of the molecule is COCCN(CC(=O)Nc1nc(CC(=O)N2CC(C)OC(C)C2)cs1)C(=O)c1ccc(Cl)c(Cl)c1. The number of aromatic nitrogens is 1. The third kappa shape index (κ3) is 7.88. The van der Waals surface area contributed by atoms with E-state index in [0.717, 1.165) is 0 Å². The number of carbonyl (C=O) groups is 3. The van der Waals surface area contributed by atoms with Crippen LogP contribution >= 0.6 is 34.5 Å². The summed E-state index contributed by atoms with van der Waals surface area (Å²) < 4.78 is 10.8. The van der Waals surface area contributed by atoms with Crippen molar-refractivity contribution >= 4 is 57.4 Å². The molecule has 2 heterocycles. The van der Waals surface area contributed by atoms with E-state index < -0.39 is 5.91 Å². The first-order valence-electron chi connectivity index (χ1n) is 11.1. The molecule has 9 nitrogen and oxygen atoms in total. The van der Waals surface area contributed by atoms with E-state index in [1.54, 1.807) is 16.3 Å². The molecule has 35 heavy (non-hydrogen) atoms. The molecule has 0 saturated carbocycles. The molecule has 1 saturated heterocycles. The number of nitrogens with one attached hydrogen (secondary N) is 1. The first-order chi connectivity index (χ1) is 16.7. The zero-order valence-electron chi connectivity index (χ0n) is 19.8. The van der Waals surface area contributed by atoms with Crippen LogP contribution in [0.2, 0.25) is 10.0 Å². The highest BCUT2D eigenvalue weighted by Crippen LogP contribution is 2.23. The van der Waals surface area contributed by atoms with Gasteiger partial charge >= 0.3 is 0 Å². The molecule has 2 unspecified atom stereocenters. The van der Waals surface area contributed by atoms with Gasteiger partial charge in [0.2, 0.25) is 11.8 Å². The van der Waals surface area contributed by atoms with E-state index in [1.165, 1.54) is 35.5 Å². The van der Waals surface area contributed by atoms with Gasteiger partial charge in [-0.15, -0.1) is 11.3 Å². The predicted octanol–water partition coefficient (Wildman–Crippen LogP) is 3.36. The Morgan fingerprint density at radius 3 is 2.60 bits per heavy atom. The number of methoxy groups -OCH3 is 1. The Bertz CT molecular complexity index is 1060. The Morgan fingerprint density at radius 1 is 1.23 bits per heavy atom. The fraction of sp³-hybridized carbons (Fsp3) is 0.478. The summed E-state index contributed by atoms with van der Waals surface area (Å²) in [6, 6.07) is 4.54. The van der Waals surface area contributed by atoms with Gasteiger partial charge in [0, 0.05) is 37.7 Å². The highest BCUT2D eigenvalue weighted by Gasteiger charge is 2.26. The first-order valence-corrected chi connectivity index (χ1v) is 12.7. The second kappa shape index (κ2) is 12.6. The van der Waals surface area contributed by atoms with E-state index in [0.29, 0.717) is 34.5 Å². The van der Waals surface area contributed by atoms with Gasteiger partial charge < -0.3 is 24.6 Å². The second-order valence-electron chi connectivity index (χ2n) is 8.27. The number of halogens is 2. The monoisotopic (exact) mass is 542 g/mol. The maximum Gasteiger partial charge on any atom is 0.254 e. The lowest BCUT2D eigenvalue weighted by Crippen LogP contribution is -2.48. The molecule has 0 radical (unpaired) electrons. The highest BCUT2D eigenvalue weighted by atomic mass is 35.5. The number of ether oxygens (including phenoxy) is 2. The second-order valence-corrected chi connectivity index (χ2v) is 9.95. The highest BCUT2D eigenvalue weighted by molar-refractivity contribution is 7.13. The molecule has 2 atom stereocenters. The topological polar surface area (TPSA) is 101 Å². The van der Waals surface area contributed by atoms with Gasteiger partial charge in [0.1, 0.15) is 6.54 Å². The van der Waals surface area contributed by atoms with Crippen LogP contribution in [0.3, 0.4) is 0 Å². The maximum atomic E-state index is 12.9. The molecule has 3 amide bonds. The lowest BCUT2D eigenvalue weighted by atomic mass is 10.2. The van der Waals surface area contributed by atoms with Crippen molar-refractivity contribution in [2.24, 2.45) is 0 Å². The lowest BCUT2D eigenvalue weighted by molar-refractivity contribution is -0.142. The Labute approximate surface area is 218 Å². The van der Waals surface area contributed by atoms with Gasteiger partial charge in [-0.05, 0) is 32.0 Å². The van der Waals surface area contributed by atoms with E-state index in [4.69, 9.17) is 32.7 Å². The summed E-state index contributed by atoms with van der Waals surface area (Å²) in [7, 11) is 1.51. The number of benzene rings is 1. The molecule has 1 aliphatic rings. The molecule has 1 aromatic heterocycles. The minimum absolute atomic E-state index is 0.0133. The van der Waals surface area contributed by atoms with Gasteiger partial charge in [-0.25, -0.2) is 4.98 Å². The van der Waals surface area contributed by atoms with Crippen molar-refractivity contribution < 1.29 is 23.9 Å². The summed E-state index contributed by atoms with van der Waals surface area (Å²) >= 11 is 13.2. The minimum atomic E-state index is -0.419. The molecule has 0 bridgehead atoms. The summed E-state index contributed by atoms with van der Waals surface area (Å²) in [4.78, 5) is 45.8. The molecule has 1 aliphatic heterocycles. The van der Waals surface area contributed by atoms with Crippen molar-refractivity contribution in [2.75, 3.05) is 45.2 Å². The van der Waals surface area contributed by atoms with E-state index in [1.807, 2.05) is 13.8 Å². The fourth-order valence-corrected chi connectivity index (χ4v) is 4.72. The van der Waals surface area contributed by atoms with Crippen LogP contribution in [0, 0.1) is 0 Å². The maximum absolute atomic E-state index is 12.9. The summed E-state index contributed by atoms with van der Waals surface area (Å²) in [6.07, 6.45) is 0.114. The number of hydrogen-bond acceptors (Lipinski definition) is 7. The minimum Gasteiger partial charge on any atom is -0.383 e. The zero-order chi connectivity index (χ0) is 25.5.